The van der Waals surface area contributed by atoms with Gasteiger partial charge in [0.25, 0.3) is 0 Å². The van der Waals surface area contributed by atoms with Crippen molar-refractivity contribution in [2.75, 3.05) is 5.32 Å². The highest BCUT2D eigenvalue weighted by Gasteiger charge is 2.32. The molecule has 1 aliphatic carbocycles. The zero-order valence-corrected chi connectivity index (χ0v) is 14.0. The van der Waals surface area contributed by atoms with Crippen molar-refractivity contribution in [3.63, 3.8) is 0 Å². The lowest BCUT2D eigenvalue weighted by Gasteiger charge is -2.34. The molecule has 1 fully saturated rings. The van der Waals surface area contributed by atoms with Crippen LogP contribution in [0.3, 0.4) is 0 Å². The molecule has 1 heterocycles. The van der Waals surface area contributed by atoms with Gasteiger partial charge in [-0.25, -0.2) is 9.78 Å². The molecule has 0 radical (unpaired) electrons. The Kier molecular flexibility index (Phi) is 4.76. The highest BCUT2D eigenvalue weighted by Crippen LogP contribution is 2.44. The number of benzene rings is 1. The van der Waals surface area contributed by atoms with E-state index in [2.05, 4.69) is 41.3 Å². The molecular weight excluding hydrogens is 306 g/mol. The molecular formula is C18H21N3OS. The van der Waals surface area contributed by atoms with Crippen LogP contribution in [0.25, 0.3) is 0 Å². The topological polar surface area (TPSA) is 54.0 Å². The second-order valence-corrected chi connectivity index (χ2v) is 6.95. The molecule has 0 unspecified atom stereocenters. The SMILES string of the molecule is C=CNC(=O)Nc1cccc([C@H](c2ncsc2C)C2CCC2)c1. The maximum absolute atomic E-state index is 11.7. The average molecular weight is 327 g/mol. The Labute approximate surface area is 140 Å². The standard InChI is InChI=1S/C18H21N3OS/c1-3-19-18(22)21-15-9-5-8-14(10-15)16(13-6-4-7-13)17-12(2)23-11-20-17/h3,5,8-11,13,16H,1,4,6-7H2,2H3,(H2,19,21,22)/t16-/m1/s1. The molecule has 0 bridgehead atoms. The number of nitrogens with one attached hydrogen (secondary N) is 2. The number of hydrogen-bond acceptors (Lipinski definition) is 3. The molecule has 1 aromatic carbocycles. The Bertz CT molecular complexity index is 706. The molecule has 2 aromatic rings. The molecule has 1 aromatic heterocycles. The third-order valence-corrected chi connectivity index (χ3v) is 5.21. The molecule has 3 rings (SSSR count). The minimum Gasteiger partial charge on any atom is -0.315 e. The molecule has 4 nitrogen and oxygen atoms in total. The second kappa shape index (κ2) is 6.96. The Morgan fingerprint density at radius 1 is 1.48 bits per heavy atom. The van der Waals surface area contributed by atoms with Crippen LogP contribution in [0.15, 0.2) is 42.6 Å². The summed E-state index contributed by atoms with van der Waals surface area (Å²) in [5.41, 5.74) is 5.13. The first-order chi connectivity index (χ1) is 11.2. The van der Waals surface area contributed by atoms with Gasteiger partial charge in [-0.3, -0.25) is 0 Å². The molecule has 1 atom stereocenters. The summed E-state index contributed by atoms with van der Waals surface area (Å²) in [5, 5.41) is 5.36. The summed E-state index contributed by atoms with van der Waals surface area (Å²) in [6.45, 7) is 5.63. The van der Waals surface area contributed by atoms with Crippen molar-refractivity contribution < 1.29 is 4.79 Å². The van der Waals surface area contributed by atoms with Gasteiger partial charge in [0.15, 0.2) is 0 Å². The van der Waals surface area contributed by atoms with E-state index in [-0.39, 0.29) is 6.03 Å². The van der Waals surface area contributed by atoms with Crippen LogP contribution in [0.1, 0.15) is 41.3 Å². The average Bonchev–Trinajstić information content (AvgIpc) is 2.89. The number of urea groups is 1. The zero-order valence-electron chi connectivity index (χ0n) is 13.2. The van der Waals surface area contributed by atoms with Crippen LogP contribution in [-0.4, -0.2) is 11.0 Å². The lowest BCUT2D eigenvalue weighted by molar-refractivity contribution is 0.255. The summed E-state index contributed by atoms with van der Waals surface area (Å²) >= 11 is 1.70. The molecule has 23 heavy (non-hydrogen) atoms. The third kappa shape index (κ3) is 3.45. The van der Waals surface area contributed by atoms with E-state index in [1.54, 1.807) is 11.3 Å². The van der Waals surface area contributed by atoms with E-state index in [9.17, 15) is 4.79 Å². The maximum atomic E-state index is 11.7. The van der Waals surface area contributed by atoms with Gasteiger partial charge in [-0.2, -0.15) is 0 Å². The number of anilines is 1. The van der Waals surface area contributed by atoms with Crippen LogP contribution < -0.4 is 10.6 Å². The summed E-state index contributed by atoms with van der Waals surface area (Å²) < 4.78 is 0. The van der Waals surface area contributed by atoms with E-state index >= 15 is 0 Å². The summed E-state index contributed by atoms with van der Waals surface area (Å²) in [6, 6.07) is 7.81. The molecule has 120 valence electrons. The maximum Gasteiger partial charge on any atom is 0.323 e. The predicted octanol–water partition coefficient (Wildman–Crippen LogP) is 4.65. The first-order valence-electron chi connectivity index (χ1n) is 7.87. The highest BCUT2D eigenvalue weighted by atomic mass is 32.1. The fraction of sp³-hybridized carbons (Fsp3) is 0.333. The molecule has 0 aliphatic heterocycles. The monoisotopic (exact) mass is 327 g/mol. The molecule has 2 N–H and O–H groups in total. The zero-order chi connectivity index (χ0) is 16.2. The van der Waals surface area contributed by atoms with Gasteiger partial charge in [0.1, 0.15) is 0 Å². The number of aromatic nitrogens is 1. The third-order valence-electron chi connectivity index (χ3n) is 4.43. The lowest BCUT2D eigenvalue weighted by atomic mass is 9.71. The van der Waals surface area contributed by atoms with E-state index in [1.807, 2.05) is 17.6 Å². The Balaban J connectivity index is 1.89. The van der Waals surface area contributed by atoms with E-state index < -0.39 is 0 Å². The van der Waals surface area contributed by atoms with Crippen molar-refractivity contribution in [2.45, 2.75) is 32.1 Å². The smallest absolute Gasteiger partial charge is 0.315 e. The van der Waals surface area contributed by atoms with Crippen molar-refractivity contribution in [1.29, 1.82) is 0 Å². The predicted molar refractivity (Wildman–Crippen MR) is 94.8 cm³/mol. The Hall–Kier alpha value is -2.14. The van der Waals surface area contributed by atoms with Crippen molar-refractivity contribution >= 4 is 23.1 Å². The quantitative estimate of drug-likeness (QED) is 0.840. The molecule has 1 saturated carbocycles. The van der Waals surface area contributed by atoms with Gasteiger partial charge < -0.3 is 10.6 Å². The Morgan fingerprint density at radius 3 is 2.91 bits per heavy atom. The van der Waals surface area contributed by atoms with E-state index in [0.29, 0.717) is 11.8 Å². The lowest BCUT2D eigenvalue weighted by Crippen LogP contribution is -2.24. The number of aryl methyl sites for hydroxylation is 1. The number of carbonyl (C=O) groups is 1. The summed E-state index contributed by atoms with van der Waals surface area (Å²) in [6.07, 6.45) is 5.16. The van der Waals surface area contributed by atoms with Gasteiger partial charge in [0.05, 0.1) is 11.2 Å². The molecule has 0 saturated heterocycles. The second-order valence-electron chi connectivity index (χ2n) is 5.89. The van der Waals surface area contributed by atoms with Gasteiger partial charge in [0, 0.05) is 16.5 Å². The van der Waals surface area contributed by atoms with Gasteiger partial charge in [-0.15, -0.1) is 11.3 Å². The summed E-state index contributed by atoms with van der Waals surface area (Å²) in [5.74, 6) is 0.965. The van der Waals surface area contributed by atoms with Crippen LogP contribution in [0, 0.1) is 12.8 Å². The molecule has 1 aliphatic rings. The van der Waals surface area contributed by atoms with Crippen LogP contribution in [0.5, 0.6) is 0 Å². The van der Waals surface area contributed by atoms with Crippen LogP contribution >= 0.6 is 11.3 Å². The summed E-state index contributed by atoms with van der Waals surface area (Å²) in [7, 11) is 0. The number of thiazole rings is 1. The molecule has 5 heteroatoms. The van der Waals surface area contributed by atoms with E-state index in [4.69, 9.17) is 0 Å². The van der Waals surface area contributed by atoms with Crippen molar-refractivity contribution in [3.05, 3.63) is 58.7 Å². The fourth-order valence-corrected chi connectivity index (χ4v) is 3.73. The summed E-state index contributed by atoms with van der Waals surface area (Å²) in [4.78, 5) is 17.6. The van der Waals surface area contributed by atoms with E-state index in [1.165, 1.54) is 41.6 Å². The van der Waals surface area contributed by atoms with Crippen molar-refractivity contribution in [3.8, 4) is 0 Å². The first-order valence-corrected chi connectivity index (χ1v) is 8.75. The van der Waals surface area contributed by atoms with Crippen molar-refractivity contribution in [1.82, 2.24) is 10.3 Å². The molecule has 2 amide bonds. The van der Waals surface area contributed by atoms with Gasteiger partial charge >= 0.3 is 6.03 Å². The number of rotatable bonds is 5. The van der Waals surface area contributed by atoms with Crippen LogP contribution in [0.4, 0.5) is 10.5 Å². The number of amides is 2. The Morgan fingerprint density at radius 2 is 2.30 bits per heavy atom. The number of hydrogen-bond donors (Lipinski definition) is 2. The first kappa shape index (κ1) is 15.7. The number of nitrogens with zero attached hydrogens (tertiary/aromatic N) is 1. The molecule has 0 spiro atoms. The fourth-order valence-electron chi connectivity index (χ4n) is 3.11. The van der Waals surface area contributed by atoms with Gasteiger partial charge in [0.2, 0.25) is 0 Å². The van der Waals surface area contributed by atoms with Crippen LogP contribution in [-0.2, 0) is 0 Å². The van der Waals surface area contributed by atoms with Gasteiger partial charge in [-0.1, -0.05) is 25.1 Å². The minimum absolute atomic E-state index is 0.276. The van der Waals surface area contributed by atoms with Crippen molar-refractivity contribution in [2.24, 2.45) is 5.92 Å². The number of carbonyl (C=O) groups excluding carboxylic acids is 1. The van der Waals surface area contributed by atoms with Gasteiger partial charge in [-0.05, 0) is 49.6 Å². The largest absolute Gasteiger partial charge is 0.323 e. The van der Waals surface area contributed by atoms with Crippen LogP contribution in [0.2, 0.25) is 0 Å². The normalized spacial score (nSPS) is 15.5. The minimum atomic E-state index is -0.276. The highest BCUT2D eigenvalue weighted by molar-refractivity contribution is 7.09. The van der Waals surface area contributed by atoms with E-state index in [0.717, 1.165) is 5.69 Å².